The molecule has 0 aliphatic heterocycles. The van der Waals surface area contributed by atoms with E-state index in [1.165, 1.54) is 0 Å². The first-order chi connectivity index (χ1) is 7.47. The largest absolute Gasteiger partial charge is 0.479 e. The Kier molecular flexibility index (Phi) is 4.07. The second-order valence-corrected chi connectivity index (χ2v) is 4.41. The average molecular weight is 222 g/mol. The minimum absolute atomic E-state index is 0.308. The minimum atomic E-state index is -1.26. The molecular weight excluding hydrogens is 204 g/mol. The quantitative estimate of drug-likeness (QED) is 0.833. The van der Waals surface area contributed by atoms with Crippen LogP contribution in [0.5, 0.6) is 0 Å². The molecule has 3 nitrogen and oxygen atoms in total. The number of hydrogen-bond acceptors (Lipinski definition) is 2. The Morgan fingerprint density at radius 1 is 1.38 bits per heavy atom. The van der Waals surface area contributed by atoms with Crippen LogP contribution in [-0.4, -0.2) is 17.7 Å². The van der Waals surface area contributed by atoms with Crippen LogP contribution < -0.4 is 0 Å². The fraction of sp³-hybridized carbons (Fsp3) is 0.462. The molecule has 1 rings (SSSR count). The van der Waals surface area contributed by atoms with Gasteiger partial charge < -0.3 is 9.84 Å². The molecule has 0 spiro atoms. The molecule has 1 aromatic carbocycles. The van der Waals surface area contributed by atoms with Gasteiger partial charge in [0.1, 0.15) is 0 Å². The van der Waals surface area contributed by atoms with E-state index >= 15 is 0 Å². The Morgan fingerprint density at radius 2 is 1.94 bits per heavy atom. The van der Waals surface area contributed by atoms with E-state index < -0.39 is 11.6 Å². The first-order valence-electron chi connectivity index (χ1n) is 5.39. The van der Waals surface area contributed by atoms with Crippen molar-refractivity contribution in [2.75, 3.05) is 6.61 Å². The molecule has 0 bridgehead atoms. The van der Waals surface area contributed by atoms with Crippen LogP contribution in [0.4, 0.5) is 0 Å². The van der Waals surface area contributed by atoms with Crippen molar-refractivity contribution in [2.45, 2.75) is 26.4 Å². The molecule has 0 amide bonds. The average Bonchev–Trinajstić information content (AvgIpc) is 2.26. The molecule has 16 heavy (non-hydrogen) atoms. The van der Waals surface area contributed by atoms with Crippen molar-refractivity contribution >= 4 is 5.97 Å². The fourth-order valence-corrected chi connectivity index (χ4v) is 1.36. The molecule has 1 N–H and O–H groups in total. The lowest BCUT2D eigenvalue weighted by Crippen LogP contribution is -2.36. The molecule has 1 atom stereocenters. The first kappa shape index (κ1) is 12.7. The highest BCUT2D eigenvalue weighted by atomic mass is 16.5. The van der Waals surface area contributed by atoms with Crippen molar-refractivity contribution in [1.82, 2.24) is 0 Å². The number of benzene rings is 1. The number of carboxylic acids is 1. The third kappa shape index (κ3) is 2.83. The highest BCUT2D eigenvalue weighted by Crippen LogP contribution is 2.26. The molecule has 0 aromatic heterocycles. The molecule has 3 heteroatoms. The van der Waals surface area contributed by atoms with Crippen molar-refractivity contribution in [1.29, 1.82) is 0 Å². The summed E-state index contributed by atoms with van der Waals surface area (Å²) in [5.41, 5.74) is -0.589. The van der Waals surface area contributed by atoms with E-state index in [1.807, 2.05) is 32.0 Å². The second-order valence-electron chi connectivity index (χ2n) is 4.41. The summed E-state index contributed by atoms with van der Waals surface area (Å²) in [5, 5.41) is 9.27. The summed E-state index contributed by atoms with van der Waals surface area (Å²) in [5.74, 6) is -0.651. The van der Waals surface area contributed by atoms with Crippen LogP contribution in [0.2, 0.25) is 0 Å². The number of carboxylic acid groups (broad SMARTS) is 1. The zero-order valence-electron chi connectivity index (χ0n) is 9.93. The second kappa shape index (κ2) is 5.12. The van der Waals surface area contributed by atoms with Crippen molar-refractivity contribution in [3.8, 4) is 0 Å². The van der Waals surface area contributed by atoms with Crippen LogP contribution >= 0.6 is 0 Å². The van der Waals surface area contributed by atoms with Gasteiger partial charge in [0.2, 0.25) is 0 Å². The highest BCUT2D eigenvalue weighted by Gasteiger charge is 2.36. The van der Waals surface area contributed by atoms with Crippen molar-refractivity contribution in [3.05, 3.63) is 35.9 Å². The van der Waals surface area contributed by atoms with Gasteiger partial charge in [-0.2, -0.15) is 0 Å². The third-order valence-corrected chi connectivity index (χ3v) is 2.44. The number of ether oxygens (including phenoxy) is 1. The van der Waals surface area contributed by atoms with Gasteiger partial charge in [0, 0.05) is 0 Å². The summed E-state index contributed by atoms with van der Waals surface area (Å²) in [6.07, 6.45) is 0. The van der Waals surface area contributed by atoms with E-state index in [9.17, 15) is 9.90 Å². The Bertz CT molecular complexity index is 345. The van der Waals surface area contributed by atoms with Crippen LogP contribution in [0.3, 0.4) is 0 Å². The summed E-state index contributed by atoms with van der Waals surface area (Å²) in [6, 6.07) is 9.03. The number of carbonyl (C=O) groups is 1. The highest BCUT2D eigenvalue weighted by molar-refractivity contribution is 5.78. The van der Waals surface area contributed by atoms with E-state index in [2.05, 4.69) is 0 Å². The molecule has 1 aromatic rings. The van der Waals surface area contributed by atoms with Crippen LogP contribution in [0.15, 0.2) is 30.3 Å². The molecule has 0 saturated carbocycles. The zero-order chi connectivity index (χ0) is 12.2. The maximum Gasteiger partial charge on any atom is 0.340 e. The molecule has 0 heterocycles. The molecule has 0 saturated heterocycles. The molecular formula is C13H18O3. The minimum Gasteiger partial charge on any atom is -0.479 e. The van der Waals surface area contributed by atoms with Gasteiger partial charge in [-0.25, -0.2) is 4.79 Å². The predicted octanol–water partition coefficient (Wildman–Crippen LogP) is 2.66. The van der Waals surface area contributed by atoms with Crippen molar-refractivity contribution in [2.24, 2.45) is 5.92 Å². The predicted molar refractivity (Wildman–Crippen MR) is 62.2 cm³/mol. The molecule has 1 unspecified atom stereocenters. The van der Waals surface area contributed by atoms with Gasteiger partial charge in [-0.15, -0.1) is 0 Å². The summed E-state index contributed by atoms with van der Waals surface area (Å²) in [6.45, 7) is 6.01. The van der Waals surface area contributed by atoms with Gasteiger partial charge in [0.25, 0.3) is 0 Å². The standard InChI is InChI=1S/C13H18O3/c1-10(2)9-16-13(3,12(14)15)11-7-5-4-6-8-11/h4-8,10H,9H2,1-3H3,(H,14,15). The monoisotopic (exact) mass is 222 g/mol. The Labute approximate surface area is 96.1 Å². The molecule has 0 aliphatic rings. The van der Waals surface area contributed by atoms with E-state index in [0.29, 0.717) is 18.1 Å². The van der Waals surface area contributed by atoms with Gasteiger partial charge in [0.15, 0.2) is 5.60 Å². The van der Waals surface area contributed by atoms with Gasteiger partial charge in [-0.05, 0) is 18.4 Å². The van der Waals surface area contributed by atoms with Gasteiger partial charge in [-0.3, -0.25) is 0 Å². The maximum atomic E-state index is 11.3. The molecule has 0 fully saturated rings. The Balaban J connectivity index is 2.93. The Morgan fingerprint density at radius 3 is 2.38 bits per heavy atom. The van der Waals surface area contributed by atoms with Crippen LogP contribution in [0.1, 0.15) is 26.3 Å². The summed E-state index contributed by atoms with van der Waals surface area (Å²) in [4.78, 5) is 11.3. The normalized spacial score (nSPS) is 14.8. The van der Waals surface area contributed by atoms with Gasteiger partial charge in [-0.1, -0.05) is 44.2 Å². The smallest absolute Gasteiger partial charge is 0.340 e. The van der Waals surface area contributed by atoms with Crippen LogP contribution in [0.25, 0.3) is 0 Å². The van der Waals surface area contributed by atoms with Crippen LogP contribution in [0, 0.1) is 5.92 Å². The lowest BCUT2D eigenvalue weighted by Gasteiger charge is -2.26. The zero-order valence-corrected chi connectivity index (χ0v) is 9.93. The molecule has 88 valence electrons. The molecule has 0 aliphatic carbocycles. The van der Waals surface area contributed by atoms with E-state index in [0.717, 1.165) is 0 Å². The van der Waals surface area contributed by atoms with E-state index in [-0.39, 0.29) is 0 Å². The summed E-state index contributed by atoms with van der Waals surface area (Å²) < 4.78 is 5.54. The third-order valence-electron chi connectivity index (χ3n) is 2.44. The van der Waals surface area contributed by atoms with Crippen molar-refractivity contribution < 1.29 is 14.6 Å². The van der Waals surface area contributed by atoms with Gasteiger partial charge in [0.05, 0.1) is 6.61 Å². The maximum absolute atomic E-state index is 11.3. The first-order valence-corrected chi connectivity index (χ1v) is 5.39. The van der Waals surface area contributed by atoms with E-state index in [4.69, 9.17) is 4.74 Å². The molecule has 0 radical (unpaired) electrons. The summed E-state index contributed by atoms with van der Waals surface area (Å²) in [7, 11) is 0. The number of rotatable bonds is 5. The number of hydrogen-bond donors (Lipinski definition) is 1. The SMILES string of the molecule is CC(C)COC(C)(C(=O)O)c1ccccc1. The lowest BCUT2D eigenvalue weighted by atomic mass is 9.96. The van der Waals surface area contributed by atoms with Crippen LogP contribution in [-0.2, 0) is 15.1 Å². The fourth-order valence-electron chi connectivity index (χ4n) is 1.36. The van der Waals surface area contributed by atoms with E-state index in [1.54, 1.807) is 19.1 Å². The topological polar surface area (TPSA) is 46.5 Å². The lowest BCUT2D eigenvalue weighted by molar-refractivity contribution is -0.166. The number of aliphatic carboxylic acids is 1. The summed E-state index contributed by atoms with van der Waals surface area (Å²) >= 11 is 0. The Hall–Kier alpha value is -1.35. The van der Waals surface area contributed by atoms with Gasteiger partial charge >= 0.3 is 5.97 Å². The van der Waals surface area contributed by atoms with Crippen molar-refractivity contribution in [3.63, 3.8) is 0 Å².